The Morgan fingerprint density at radius 3 is 2.88 bits per heavy atom. The molecule has 0 spiro atoms. The molecule has 0 aromatic heterocycles. The van der Waals surface area contributed by atoms with Gasteiger partial charge >= 0.3 is 0 Å². The first-order valence-corrected chi connectivity index (χ1v) is 5.91. The molecular formula is C12H23NO3. The van der Waals surface area contributed by atoms with Crippen molar-refractivity contribution in [1.82, 2.24) is 5.32 Å². The second-order valence-corrected chi connectivity index (χ2v) is 5.15. The predicted octanol–water partition coefficient (Wildman–Crippen LogP) is 1.34. The van der Waals surface area contributed by atoms with E-state index < -0.39 is 0 Å². The van der Waals surface area contributed by atoms with Crippen molar-refractivity contribution in [2.75, 3.05) is 26.9 Å². The van der Waals surface area contributed by atoms with E-state index in [1.165, 1.54) is 0 Å². The van der Waals surface area contributed by atoms with Crippen LogP contribution < -0.4 is 5.32 Å². The predicted molar refractivity (Wildman–Crippen MR) is 62.3 cm³/mol. The van der Waals surface area contributed by atoms with Gasteiger partial charge in [0.1, 0.15) is 0 Å². The van der Waals surface area contributed by atoms with Gasteiger partial charge in [-0.15, -0.1) is 0 Å². The summed E-state index contributed by atoms with van der Waals surface area (Å²) >= 11 is 0. The van der Waals surface area contributed by atoms with Crippen molar-refractivity contribution in [3.05, 3.63) is 0 Å². The number of nitrogens with one attached hydrogen (secondary N) is 1. The molecule has 1 amide bonds. The zero-order valence-corrected chi connectivity index (χ0v) is 10.5. The Morgan fingerprint density at radius 1 is 1.56 bits per heavy atom. The largest absolute Gasteiger partial charge is 0.382 e. The topological polar surface area (TPSA) is 47.6 Å². The molecule has 4 heteroatoms. The minimum atomic E-state index is -0.290. The molecule has 1 rings (SSSR count). The molecule has 1 fully saturated rings. The first kappa shape index (κ1) is 13.5. The van der Waals surface area contributed by atoms with Crippen LogP contribution in [-0.2, 0) is 14.3 Å². The molecule has 1 aliphatic rings. The van der Waals surface area contributed by atoms with E-state index in [1.807, 2.05) is 13.8 Å². The zero-order chi connectivity index (χ0) is 12.0. The van der Waals surface area contributed by atoms with Crippen LogP contribution in [0.4, 0.5) is 0 Å². The van der Waals surface area contributed by atoms with E-state index in [9.17, 15) is 4.79 Å². The first-order valence-electron chi connectivity index (χ1n) is 5.91. The van der Waals surface area contributed by atoms with Gasteiger partial charge < -0.3 is 14.8 Å². The number of amides is 1. The smallest absolute Gasteiger partial charge is 0.220 e. The average Bonchev–Trinajstić information content (AvgIpc) is 2.17. The lowest BCUT2D eigenvalue weighted by atomic mass is 9.97. The van der Waals surface area contributed by atoms with E-state index in [0.717, 1.165) is 26.1 Å². The van der Waals surface area contributed by atoms with Gasteiger partial charge in [0, 0.05) is 26.7 Å². The highest BCUT2D eigenvalue weighted by Gasteiger charge is 2.23. The summed E-state index contributed by atoms with van der Waals surface area (Å²) in [6.45, 7) is 6.02. The number of methoxy groups -OCH3 is 1. The Labute approximate surface area is 97.7 Å². The number of carbonyl (C=O) groups excluding carboxylic acids is 1. The van der Waals surface area contributed by atoms with Crippen LogP contribution >= 0.6 is 0 Å². The van der Waals surface area contributed by atoms with E-state index in [4.69, 9.17) is 9.47 Å². The van der Waals surface area contributed by atoms with Gasteiger partial charge in [-0.1, -0.05) is 0 Å². The van der Waals surface area contributed by atoms with Gasteiger partial charge in [-0.05, 0) is 32.6 Å². The molecule has 0 saturated carbocycles. The lowest BCUT2D eigenvalue weighted by Crippen LogP contribution is -2.47. The Hall–Kier alpha value is -0.610. The third kappa shape index (κ3) is 4.94. The third-order valence-electron chi connectivity index (χ3n) is 2.71. The summed E-state index contributed by atoms with van der Waals surface area (Å²) in [6.07, 6.45) is 2.73. The SMILES string of the molecule is COCC(C)(C)NC(=O)C[C@H]1CCCOC1. The zero-order valence-electron chi connectivity index (χ0n) is 10.5. The van der Waals surface area contributed by atoms with Crippen LogP contribution in [-0.4, -0.2) is 38.4 Å². The summed E-state index contributed by atoms with van der Waals surface area (Å²) in [7, 11) is 1.64. The van der Waals surface area contributed by atoms with Gasteiger partial charge in [0.25, 0.3) is 0 Å². The fourth-order valence-electron chi connectivity index (χ4n) is 2.06. The van der Waals surface area contributed by atoms with Crippen LogP contribution in [0.3, 0.4) is 0 Å². The quantitative estimate of drug-likeness (QED) is 0.774. The lowest BCUT2D eigenvalue weighted by Gasteiger charge is -2.27. The van der Waals surface area contributed by atoms with Crippen LogP contribution in [0.25, 0.3) is 0 Å². The highest BCUT2D eigenvalue weighted by atomic mass is 16.5. The van der Waals surface area contributed by atoms with E-state index >= 15 is 0 Å². The van der Waals surface area contributed by atoms with E-state index in [2.05, 4.69) is 5.32 Å². The molecule has 0 bridgehead atoms. The second-order valence-electron chi connectivity index (χ2n) is 5.15. The Balaban J connectivity index is 2.28. The van der Waals surface area contributed by atoms with Crippen LogP contribution in [0.15, 0.2) is 0 Å². The number of rotatable bonds is 5. The third-order valence-corrected chi connectivity index (χ3v) is 2.71. The van der Waals surface area contributed by atoms with Gasteiger partial charge in [-0.2, -0.15) is 0 Å². The lowest BCUT2D eigenvalue weighted by molar-refractivity contribution is -0.125. The minimum Gasteiger partial charge on any atom is -0.382 e. The summed E-state index contributed by atoms with van der Waals surface area (Å²) in [5, 5.41) is 2.98. The molecule has 1 atom stereocenters. The van der Waals surface area contributed by atoms with E-state index in [0.29, 0.717) is 18.9 Å². The molecule has 0 aliphatic carbocycles. The molecule has 0 radical (unpaired) electrons. The highest BCUT2D eigenvalue weighted by Crippen LogP contribution is 2.17. The molecule has 1 saturated heterocycles. The molecule has 94 valence electrons. The van der Waals surface area contributed by atoms with Crippen molar-refractivity contribution in [3.8, 4) is 0 Å². The molecule has 4 nitrogen and oxygen atoms in total. The Kier molecular flexibility index (Phi) is 5.22. The molecule has 16 heavy (non-hydrogen) atoms. The minimum absolute atomic E-state index is 0.0950. The number of carbonyl (C=O) groups is 1. The maximum absolute atomic E-state index is 11.8. The summed E-state index contributed by atoms with van der Waals surface area (Å²) in [5.74, 6) is 0.477. The average molecular weight is 229 g/mol. The molecule has 0 aromatic carbocycles. The second kappa shape index (κ2) is 6.21. The van der Waals surface area contributed by atoms with Gasteiger partial charge in [-0.25, -0.2) is 0 Å². The van der Waals surface area contributed by atoms with E-state index in [1.54, 1.807) is 7.11 Å². The van der Waals surface area contributed by atoms with Crippen LogP contribution in [0.1, 0.15) is 33.1 Å². The van der Waals surface area contributed by atoms with Crippen molar-refractivity contribution in [1.29, 1.82) is 0 Å². The van der Waals surface area contributed by atoms with Gasteiger partial charge in [0.05, 0.1) is 12.1 Å². The van der Waals surface area contributed by atoms with Gasteiger partial charge in [0.2, 0.25) is 5.91 Å². The Bertz CT molecular complexity index is 222. The van der Waals surface area contributed by atoms with Crippen LogP contribution in [0.2, 0.25) is 0 Å². The number of ether oxygens (including phenoxy) is 2. The maximum Gasteiger partial charge on any atom is 0.220 e. The van der Waals surface area contributed by atoms with Crippen LogP contribution in [0, 0.1) is 5.92 Å². The fraction of sp³-hybridized carbons (Fsp3) is 0.917. The molecule has 1 heterocycles. The standard InChI is InChI=1S/C12H23NO3/c1-12(2,9-15-3)13-11(14)7-10-5-4-6-16-8-10/h10H,4-9H2,1-3H3,(H,13,14)/t10-/m1/s1. The summed E-state index contributed by atoms with van der Waals surface area (Å²) in [6, 6.07) is 0. The molecular weight excluding hydrogens is 206 g/mol. The normalized spacial score (nSPS) is 21.8. The first-order chi connectivity index (χ1) is 7.53. The molecule has 0 unspecified atom stereocenters. The van der Waals surface area contributed by atoms with Gasteiger partial charge in [0.15, 0.2) is 0 Å². The maximum atomic E-state index is 11.8. The fourth-order valence-corrected chi connectivity index (χ4v) is 2.06. The van der Waals surface area contributed by atoms with E-state index in [-0.39, 0.29) is 11.4 Å². The molecule has 1 aliphatic heterocycles. The molecule has 0 aromatic rings. The monoisotopic (exact) mass is 229 g/mol. The van der Waals surface area contributed by atoms with Crippen molar-refractivity contribution in [2.45, 2.75) is 38.6 Å². The number of hydrogen-bond donors (Lipinski definition) is 1. The van der Waals surface area contributed by atoms with Crippen molar-refractivity contribution in [2.24, 2.45) is 5.92 Å². The van der Waals surface area contributed by atoms with Gasteiger partial charge in [-0.3, -0.25) is 4.79 Å². The van der Waals surface area contributed by atoms with Crippen LogP contribution in [0.5, 0.6) is 0 Å². The summed E-state index contributed by atoms with van der Waals surface area (Å²) in [4.78, 5) is 11.8. The Morgan fingerprint density at radius 2 is 2.31 bits per heavy atom. The summed E-state index contributed by atoms with van der Waals surface area (Å²) in [5.41, 5.74) is -0.290. The van der Waals surface area contributed by atoms with Crippen molar-refractivity contribution < 1.29 is 14.3 Å². The summed E-state index contributed by atoms with van der Waals surface area (Å²) < 4.78 is 10.4. The van der Waals surface area contributed by atoms with Crippen molar-refractivity contribution >= 4 is 5.91 Å². The van der Waals surface area contributed by atoms with Crippen molar-refractivity contribution in [3.63, 3.8) is 0 Å². The highest BCUT2D eigenvalue weighted by molar-refractivity contribution is 5.77. The molecule has 1 N–H and O–H groups in total. The number of hydrogen-bond acceptors (Lipinski definition) is 3.